The van der Waals surface area contributed by atoms with Gasteiger partial charge in [0.05, 0.1) is 6.10 Å². The zero-order valence-corrected chi connectivity index (χ0v) is 14.5. The average Bonchev–Trinajstić information content (AvgIpc) is 2.43. The van der Waals surface area contributed by atoms with Crippen LogP contribution in [0.15, 0.2) is 12.2 Å². The number of allylic oxidation sites excluding steroid dienone is 2. The first-order valence-corrected chi connectivity index (χ1v) is 9.01. The summed E-state index contributed by atoms with van der Waals surface area (Å²) >= 11 is 0. The van der Waals surface area contributed by atoms with Crippen molar-refractivity contribution in [2.45, 2.75) is 104 Å². The van der Waals surface area contributed by atoms with Crippen LogP contribution >= 0.6 is 0 Å². The Morgan fingerprint density at radius 3 is 1.95 bits per heavy atom. The molecule has 0 aliphatic rings. The molecule has 0 aromatic rings. The van der Waals surface area contributed by atoms with Crippen LogP contribution in [0, 0.1) is 0 Å². The number of esters is 1. The van der Waals surface area contributed by atoms with Gasteiger partial charge in [0.15, 0.2) is 0 Å². The fraction of sp³-hybridized carbons (Fsp3) is 0.842. The molecule has 0 spiro atoms. The first-order valence-electron chi connectivity index (χ1n) is 9.01. The molecule has 124 valence electrons. The van der Waals surface area contributed by atoms with Crippen molar-refractivity contribution in [3.8, 4) is 0 Å². The van der Waals surface area contributed by atoms with E-state index in [1.165, 1.54) is 51.4 Å². The highest BCUT2D eigenvalue weighted by molar-refractivity contribution is 5.69. The topological polar surface area (TPSA) is 26.3 Å². The minimum absolute atomic E-state index is 0.0133. The zero-order valence-electron chi connectivity index (χ0n) is 14.5. The van der Waals surface area contributed by atoms with Crippen LogP contribution in [0.4, 0.5) is 0 Å². The zero-order chi connectivity index (χ0) is 15.8. The molecule has 0 radical (unpaired) electrons. The van der Waals surface area contributed by atoms with E-state index in [9.17, 15) is 4.79 Å². The minimum atomic E-state index is -0.0583. The van der Waals surface area contributed by atoms with E-state index in [1.807, 2.05) is 13.8 Å². The highest BCUT2D eigenvalue weighted by Crippen LogP contribution is 2.09. The van der Waals surface area contributed by atoms with Gasteiger partial charge in [0.2, 0.25) is 0 Å². The highest BCUT2D eigenvalue weighted by Gasteiger charge is 2.03. The summed E-state index contributed by atoms with van der Waals surface area (Å²) < 4.78 is 5.10. The van der Waals surface area contributed by atoms with Crippen LogP contribution < -0.4 is 0 Å². The van der Waals surface area contributed by atoms with Crippen molar-refractivity contribution in [3.63, 3.8) is 0 Å². The molecule has 0 N–H and O–H groups in total. The maximum Gasteiger partial charge on any atom is 0.306 e. The van der Waals surface area contributed by atoms with Crippen molar-refractivity contribution in [2.24, 2.45) is 0 Å². The second kappa shape index (κ2) is 15.6. The largest absolute Gasteiger partial charge is 0.463 e. The summed E-state index contributed by atoms with van der Waals surface area (Å²) in [6.45, 7) is 6.05. The van der Waals surface area contributed by atoms with E-state index in [1.54, 1.807) is 0 Å². The fourth-order valence-corrected chi connectivity index (χ4v) is 2.31. The van der Waals surface area contributed by atoms with Crippen LogP contribution in [0.5, 0.6) is 0 Å². The third-order valence-electron chi connectivity index (χ3n) is 3.51. The molecule has 0 aromatic heterocycles. The van der Waals surface area contributed by atoms with Crippen LogP contribution in [0.2, 0.25) is 0 Å². The predicted molar refractivity (Wildman–Crippen MR) is 91.4 cm³/mol. The molecule has 0 heterocycles. The number of rotatable bonds is 14. The maximum absolute atomic E-state index is 11.3. The van der Waals surface area contributed by atoms with Crippen LogP contribution in [-0.4, -0.2) is 12.1 Å². The number of hydrogen-bond acceptors (Lipinski definition) is 2. The molecule has 0 fully saturated rings. The Morgan fingerprint density at radius 2 is 1.38 bits per heavy atom. The van der Waals surface area contributed by atoms with Gasteiger partial charge in [-0.05, 0) is 46.0 Å². The quantitative estimate of drug-likeness (QED) is 0.217. The van der Waals surface area contributed by atoms with Gasteiger partial charge in [0.25, 0.3) is 0 Å². The normalized spacial score (nSPS) is 11.4. The number of carbonyl (C=O) groups is 1. The molecule has 0 unspecified atom stereocenters. The lowest BCUT2D eigenvalue weighted by atomic mass is 10.1. The van der Waals surface area contributed by atoms with Gasteiger partial charge in [-0.1, -0.05) is 57.6 Å². The molecular formula is C19H36O2. The standard InChI is InChI=1S/C19H36O2/c1-4-5-6-7-8-9-10-11-12-13-14-15-16-17-19(20)21-18(2)3/h12-13,18H,4-11,14-17H2,1-3H3. The molecule has 0 rings (SSSR count). The van der Waals surface area contributed by atoms with E-state index in [4.69, 9.17) is 4.74 Å². The Labute approximate surface area is 132 Å². The SMILES string of the molecule is CCCCCCCCCC=CCCCCC(=O)OC(C)C. The van der Waals surface area contributed by atoms with Crippen LogP contribution in [-0.2, 0) is 9.53 Å². The minimum Gasteiger partial charge on any atom is -0.463 e. The Kier molecular flexibility index (Phi) is 15.0. The molecule has 2 nitrogen and oxygen atoms in total. The lowest BCUT2D eigenvalue weighted by Gasteiger charge is -2.06. The monoisotopic (exact) mass is 296 g/mol. The molecule has 0 bridgehead atoms. The van der Waals surface area contributed by atoms with Crippen LogP contribution in [0.3, 0.4) is 0 Å². The van der Waals surface area contributed by atoms with Crippen molar-refractivity contribution >= 4 is 5.97 Å². The molecule has 0 aromatic carbocycles. The van der Waals surface area contributed by atoms with Gasteiger partial charge >= 0.3 is 5.97 Å². The summed E-state index contributed by atoms with van der Waals surface area (Å²) in [6.07, 6.45) is 19.1. The molecule has 0 aliphatic carbocycles. The third-order valence-corrected chi connectivity index (χ3v) is 3.51. The maximum atomic E-state index is 11.3. The molecule has 21 heavy (non-hydrogen) atoms. The first kappa shape index (κ1) is 20.2. The van der Waals surface area contributed by atoms with Crippen LogP contribution in [0.25, 0.3) is 0 Å². The molecule has 0 saturated heterocycles. The highest BCUT2D eigenvalue weighted by atomic mass is 16.5. The van der Waals surface area contributed by atoms with Gasteiger partial charge in [-0.2, -0.15) is 0 Å². The Hall–Kier alpha value is -0.790. The van der Waals surface area contributed by atoms with Gasteiger partial charge in [0, 0.05) is 6.42 Å². The Bertz CT molecular complexity index is 256. The predicted octanol–water partition coefficient (Wildman–Crippen LogP) is 6.20. The summed E-state index contributed by atoms with van der Waals surface area (Å²) in [7, 11) is 0. The second-order valence-corrected chi connectivity index (χ2v) is 6.17. The molecule has 0 amide bonds. The van der Waals surface area contributed by atoms with Gasteiger partial charge in [-0.15, -0.1) is 0 Å². The van der Waals surface area contributed by atoms with Crippen molar-refractivity contribution in [1.29, 1.82) is 0 Å². The Morgan fingerprint density at radius 1 is 0.857 bits per heavy atom. The Balaban J connectivity index is 3.20. The second-order valence-electron chi connectivity index (χ2n) is 6.17. The van der Waals surface area contributed by atoms with Crippen molar-refractivity contribution in [3.05, 3.63) is 12.2 Å². The van der Waals surface area contributed by atoms with Crippen LogP contribution in [0.1, 0.15) is 97.8 Å². The number of carbonyl (C=O) groups excluding carboxylic acids is 1. The number of unbranched alkanes of at least 4 members (excludes halogenated alkanes) is 9. The van der Waals surface area contributed by atoms with E-state index < -0.39 is 0 Å². The van der Waals surface area contributed by atoms with E-state index in [2.05, 4.69) is 19.1 Å². The lowest BCUT2D eigenvalue weighted by molar-refractivity contribution is -0.147. The summed E-state index contributed by atoms with van der Waals surface area (Å²) in [4.78, 5) is 11.3. The molecule has 2 heteroatoms. The van der Waals surface area contributed by atoms with Crippen molar-refractivity contribution < 1.29 is 9.53 Å². The lowest BCUT2D eigenvalue weighted by Crippen LogP contribution is -2.10. The van der Waals surface area contributed by atoms with Gasteiger partial charge < -0.3 is 4.74 Å². The van der Waals surface area contributed by atoms with E-state index in [0.29, 0.717) is 6.42 Å². The van der Waals surface area contributed by atoms with Gasteiger partial charge in [0.1, 0.15) is 0 Å². The smallest absolute Gasteiger partial charge is 0.306 e. The van der Waals surface area contributed by atoms with E-state index >= 15 is 0 Å². The van der Waals surface area contributed by atoms with Crippen molar-refractivity contribution in [2.75, 3.05) is 0 Å². The fourth-order valence-electron chi connectivity index (χ4n) is 2.31. The third kappa shape index (κ3) is 17.2. The van der Waals surface area contributed by atoms with Gasteiger partial charge in [-0.3, -0.25) is 4.79 Å². The number of hydrogen-bond donors (Lipinski definition) is 0. The summed E-state index contributed by atoms with van der Waals surface area (Å²) in [5.74, 6) is -0.0583. The first-order chi connectivity index (χ1) is 10.2. The molecule has 0 atom stereocenters. The summed E-state index contributed by atoms with van der Waals surface area (Å²) in [5, 5.41) is 0. The molecule has 0 saturated carbocycles. The molecule has 0 aliphatic heterocycles. The van der Waals surface area contributed by atoms with E-state index in [-0.39, 0.29) is 12.1 Å². The van der Waals surface area contributed by atoms with Gasteiger partial charge in [-0.25, -0.2) is 0 Å². The van der Waals surface area contributed by atoms with Crippen molar-refractivity contribution in [1.82, 2.24) is 0 Å². The summed E-state index contributed by atoms with van der Waals surface area (Å²) in [5.41, 5.74) is 0. The molecular weight excluding hydrogens is 260 g/mol. The van der Waals surface area contributed by atoms with E-state index in [0.717, 1.165) is 19.3 Å². The average molecular weight is 296 g/mol. The number of ether oxygens (including phenoxy) is 1. The summed E-state index contributed by atoms with van der Waals surface area (Å²) in [6, 6.07) is 0.